The van der Waals surface area contributed by atoms with E-state index in [1.165, 1.54) is 0 Å². The molecule has 0 saturated heterocycles. The molecule has 7 nitrogen and oxygen atoms in total. The number of aliphatic hydroxyl groups is 1. The third-order valence-electron chi connectivity index (χ3n) is 4.30. The first-order chi connectivity index (χ1) is 11.3. The molecule has 1 aliphatic rings. The molecule has 1 aliphatic carbocycles. The van der Waals surface area contributed by atoms with Crippen molar-refractivity contribution in [1.82, 2.24) is 25.1 Å². The first kappa shape index (κ1) is 14.1. The lowest BCUT2D eigenvalue weighted by atomic mass is 9.92. The SMILES string of the molecule is OC1CCCCC1N(c1ncccn1)n1nnc2ccccc21. The number of anilines is 1. The Labute approximate surface area is 133 Å². The number of rotatable bonds is 3. The number of nitrogens with zero attached hydrogens (tertiary/aromatic N) is 6. The summed E-state index contributed by atoms with van der Waals surface area (Å²) in [7, 11) is 0. The third-order valence-corrected chi connectivity index (χ3v) is 4.30. The molecule has 0 radical (unpaired) electrons. The van der Waals surface area contributed by atoms with Crippen LogP contribution in [0.5, 0.6) is 0 Å². The average Bonchev–Trinajstić information content (AvgIpc) is 3.02. The van der Waals surface area contributed by atoms with Crippen LogP contribution in [0.3, 0.4) is 0 Å². The zero-order valence-corrected chi connectivity index (χ0v) is 12.7. The highest BCUT2D eigenvalue weighted by molar-refractivity contribution is 5.74. The first-order valence-electron chi connectivity index (χ1n) is 7.89. The zero-order valence-electron chi connectivity index (χ0n) is 12.7. The largest absolute Gasteiger partial charge is 0.391 e. The van der Waals surface area contributed by atoms with Gasteiger partial charge >= 0.3 is 0 Å². The highest BCUT2D eigenvalue weighted by atomic mass is 16.3. The molecule has 23 heavy (non-hydrogen) atoms. The van der Waals surface area contributed by atoms with Crippen molar-refractivity contribution < 1.29 is 5.11 Å². The van der Waals surface area contributed by atoms with Gasteiger partial charge in [-0.3, -0.25) is 0 Å². The summed E-state index contributed by atoms with van der Waals surface area (Å²) >= 11 is 0. The van der Waals surface area contributed by atoms with Crippen molar-refractivity contribution in [1.29, 1.82) is 0 Å². The molecule has 2 unspecified atom stereocenters. The summed E-state index contributed by atoms with van der Waals surface area (Å²) in [6.45, 7) is 0. The second-order valence-corrected chi connectivity index (χ2v) is 5.78. The molecule has 1 fully saturated rings. The highest BCUT2D eigenvalue weighted by Gasteiger charge is 2.33. The molecule has 0 amide bonds. The van der Waals surface area contributed by atoms with E-state index in [0.717, 1.165) is 36.7 Å². The summed E-state index contributed by atoms with van der Waals surface area (Å²) in [6, 6.07) is 9.42. The standard InChI is InChI=1S/C16H18N6O/c23-15-9-4-3-8-14(15)21(16-17-10-5-11-18-16)22-13-7-2-1-6-12(13)19-20-22/h1-2,5-7,10-11,14-15,23H,3-4,8-9H2. The van der Waals surface area contributed by atoms with Crippen LogP contribution in [0.1, 0.15) is 25.7 Å². The number of aliphatic hydroxyl groups excluding tert-OH is 1. The molecule has 1 N–H and O–H groups in total. The van der Waals surface area contributed by atoms with E-state index in [9.17, 15) is 5.11 Å². The van der Waals surface area contributed by atoms with Crippen molar-refractivity contribution in [3.05, 3.63) is 42.7 Å². The molecular formula is C16H18N6O. The fraction of sp³-hybridized carbons (Fsp3) is 0.375. The number of aromatic nitrogens is 5. The summed E-state index contributed by atoms with van der Waals surface area (Å²) in [5, 5.41) is 20.9. The predicted octanol–water partition coefficient (Wildman–Crippen LogP) is 1.79. The van der Waals surface area contributed by atoms with Gasteiger partial charge in [-0.05, 0) is 36.3 Å². The molecule has 0 spiro atoms. The molecule has 7 heteroatoms. The normalized spacial score (nSPS) is 21.4. The summed E-state index contributed by atoms with van der Waals surface area (Å²) < 4.78 is 0. The number of hydrogen-bond acceptors (Lipinski definition) is 6. The Kier molecular flexibility index (Phi) is 3.63. The van der Waals surface area contributed by atoms with E-state index >= 15 is 0 Å². The maximum atomic E-state index is 10.5. The molecule has 0 bridgehead atoms. The fourth-order valence-electron chi connectivity index (χ4n) is 3.18. The van der Waals surface area contributed by atoms with Gasteiger partial charge < -0.3 is 5.11 Å². The van der Waals surface area contributed by atoms with E-state index < -0.39 is 6.10 Å². The first-order valence-corrected chi connectivity index (χ1v) is 7.89. The summed E-state index contributed by atoms with van der Waals surface area (Å²) in [4.78, 5) is 10.4. The van der Waals surface area contributed by atoms with E-state index in [-0.39, 0.29) is 6.04 Å². The quantitative estimate of drug-likeness (QED) is 0.794. The number of hydrogen-bond donors (Lipinski definition) is 1. The Morgan fingerprint density at radius 2 is 1.83 bits per heavy atom. The minimum absolute atomic E-state index is 0.115. The van der Waals surface area contributed by atoms with Gasteiger partial charge in [0.15, 0.2) is 0 Å². The summed E-state index contributed by atoms with van der Waals surface area (Å²) in [5.41, 5.74) is 1.68. The van der Waals surface area contributed by atoms with Crippen molar-refractivity contribution >= 4 is 17.0 Å². The Morgan fingerprint density at radius 3 is 2.65 bits per heavy atom. The van der Waals surface area contributed by atoms with E-state index in [0.29, 0.717) is 5.95 Å². The van der Waals surface area contributed by atoms with E-state index in [2.05, 4.69) is 20.3 Å². The molecule has 2 atom stereocenters. The van der Waals surface area contributed by atoms with Crippen LogP contribution in [-0.2, 0) is 0 Å². The van der Waals surface area contributed by atoms with Crippen LogP contribution in [0.2, 0.25) is 0 Å². The topological polar surface area (TPSA) is 80.0 Å². The summed E-state index contributed by atoms with van der Waals surface area (Å²) in [6.07, 6.45) is 6.72. The van der Waals surface area contributed by atoms with Crippen LogP contribution in [0.15, 0.2) is 42.7 Å². The minimum atomic E-state index is -0.435. The number of benzene rings is 1. The van der Waals surface area contributed by atoms with Crippen LogP contribution in [0, 0.1) is 0 Å². The number of para-hydroxylation sites is 1. The predicted molar refractivity (Wildman–Crippen MR) is 85.7 cm³/mol. The maximum Gasteiger partial charge on any atom is 0.246 e. The van der Waals surface area contributed by atoms with Crippen molar-refractivity contribution in [3.8, 4) is 0 Å². The van der Waals surface area contributed by atoms with Crippen molar-refractivity contribution in [2.45, 2.75) is 37.8 Å². The van der Waals surface area contributed by atoms with Gasteiger partial charge in [-0.2, -0.15) is 0 Å². The van der Waals surface area contributed by atoms with Crippen molar-refractivity contribution in [2.24, 2.45) is 0 Å². The smallest absolute Gasteiger partial charge is 0.246 e. The molecule has 118 valence electrons. The highest BCUT2D eigenvalue weighted by Crippen LogP contribution is 2.27. The van der Waals surface area contributed by atoms with Crippen LogP contribution >= 0.6 is 0 Å². The minimum Gasteiger partial charge on any atom is -0.391 e. The Balaban J connectivity index is 1.85. The lowest BCUT2D eigenvalue weighted by molar-refractivity contribution is 0.0977. The van der Waals surface area contributed by atoms with Crippen LogP contribution in [0.25, 0.3) is 11.0 Å². The second kappa shape index (κ2) is 5.92. The van der Waals surface area contributed by atoms with Gasteiger partial charge in [-0.1, -0.05) is 25.0 Å². The van der Waals surface area contributed by atoms with Crippen LogP contribution in [0.4, 0.5) is 5.95 Å². The molecule has 3 aromatic rings. The van der Waals surface area contributed by atoms with Gasteiger partial charge in [0.25, 0.3) is 0 Å². The van der Waals surface area contributed by atoms with Gasteiger partial charge in [0.05, 0.1) is 12.1 Å². The molecule has 4 rings (SSSR count). The molecule has 2 heterocycles. The Hall–Kier alpha value is -2.54. The monoisotopic (exact) mass is 310 g/mol. The van der Waals surface area contributed by atoms with Gasteiger partial charge in [-0.25, -0.2) is 15.0 Å². The fourth-order valence-corrected chi connectivity index (χ4v) is 3.18. The van der Waals surface area contributed by atoms with Crippen LogP contribution in [-0.4, -0.2) is 42.3 Å². The lowest BCUT2D eigenvalue weighted by Gasteiger charge is -2.36. The van der Waals surface area contributed by atoms with Gasteiger partial charge in [0.1, 0.15) is 11.0 Å². The van der Waals surface area contributed by atoms with E-state index in [1.807, 2.05) is 29.3 Å². The van der Waals surface area contributed by atoms with Gasteiger partial charge in [0, 0.05) is 12.4 Å². The lowest BCUT2D eigenvalue weighted by Crippen LogP contribution is -2.49. The molecule has 1 saturated carbocycles. The van der Waals surface area contributed by atoms with Crippen molar-refractivity contribution in [3.63, 3.8) is 0 Å². The average molecular weight is 310 g/mol. The Bertz CT molecular complexity index is 789. The molecular weight excluding hydrogens is 292 g/mol. The Morgan fingerprint density at radius 1 is 1.04 bits per heavy atom. The summed E-state index contributed by atoms with van der Waals surface area (Å²) in [5.74, 6) is 0.522. The molecule has 0 aliphatic heterocycles. The maximum absolute atomic E-state index is 10.5. The van der Waals surface area contributed by atoms with Gasteiger partial charge in [0.2, 0.25) is 5.95 Å². The molecule has 1 aromatic carbocycles. The van der Waals surface area contributed by atoms with Gasteiger partial charge in [-0.15, -0.1) is 9.89 Å². The van der Waals surface area contributed by atoms with E-state index in [4.69, 9.17) is 0 Å². The zero-order chi connectivity index (χ0) is 15.6. The third kappa shape index (κ3) is 2.53. The van der Waals surface area contributed by atoms with Crippen LogP contribution < -0.4 is 5.01 Å². The second-order valence-electron chi connectivity index (χ2n) is 5.78. The van der Waals surface area contributed by atoms with E-state index in [1.54, 1.807) is 23.3 Å². The molecule has 2 aromatic heterocycles. The van der Waals surface area contributed by atoms with Crippen molar-refractivity contribution in [2.75, 3.05) is 5.01 Å². The number of fused-ring (bicyclic) bond motifs is 1.